The molecule has 13 nitrogen and oxygen atoms in total. The lowest BCUT2D eigenvalue weighted by Gasteiger charge is -2.41. The second kappa shape index (κ2) is 13.4. The smallest absolute Gasteiger partial charge is 0.374 e. The van der Waals surface area contributed by atoms with E-state index in [9.17, 15) is 32.7 Å². The summed E-state index contributed by atoms with van der Waals surface area (Å²) in [6, 6.07) is 8.39. The second-order valence-corrected chi connectivity index (χ2v) is 14.7. The Morgan fingerprint density at radius 1 is 1.08 bits per heavy atom. The minimum Gasteiger partial charge on any atom is -0.374 e. The minimum atomic E-state index is -4.66. The number of imidazole rings is 1. The van der Waals surface area contributed by atoms with Crippen LogP contribution in [-0.4, -0.2) is 76.6 Å². The summed E-state index contributed by atoms with van der Waals surface area (Å²) in [6.45, 7) is 4.97. The van der Waals surface area contributed by atoms with Gasteiger partial charge in [0.2, 0.25) is 5.91 Å². The Labute approximate surface area is 301 Å². The molecule has 1 aliphatic carbocycles. The van der Waals surface area contributed by atoms with Crippen LogP contribution >= 0.6 is 0 Å². The number of hydrogen-bond donors (Lipinski definition) is 3. The van der Waals surface area contributed by atoms with E-state index in [0.717, 1.165) is 79.4 Å². The van der Waals surface area contributed by atoms with Gasteiger partial charge in [0.15, 0.2) is 0 Å². The summed E-state index contributed by atoms with van der Waals surface area (Å²) in [6.07, 6.45) is 2.59. The number of aromatic nitrogens is 6. The van der Waals surface area contributed by atoms with Crippen LogP contribution in [0.25, 0.3) is 21.9 Å². The van der Waals surface area contributed by atoms with Crippen molar-refractivity contribution >= 4 is 39.6 Å². The fraction of sp³-hybridized carbons (Fsp3) is 0.459. The summed E-state index contributed by atoms with van der Waals surface area (Å²) in [5.74, 6) is -0.117. The van der Waals surface area contributed by atoms with E-state index in [1.54, 1.807) is 22.2 Å². The van der Waals surface area contributed by atoms with Gasteiger partial charge in [0.05, 0.1) is 23.3 Å². The average Bonchev–Trinajstić information content (AvgIpc) is 3.63. The molecule has 1 aromatic carbocycles. The van der Waals surface area contributed by atoms with Gasteiger partial charge in [-0.15, -0.1) is 0 Å². The number of carbonyl (C=O) groups is 2. The molecule has 2 saturated heterocycles. The van der Waals surface area contributed by atoms with Crippen molar-refractivity contribution < 1.29 is 27.9 Å². The van der Waals surface area contributed by atoms with Gasteiger partial charge in [-0.05, 0) is 106 Å². The summed E-state index contributed by atoms with van der Waals surface area (Å²) >= 11 is 0. The van der Waals surface area contributed by atoms with E-state index in [1.807, 2.05) is 23.0 Å². The third-order valence-electron chi connectivity index (χ3n) is 11.2. The minimum absolute atomic E-state index is 0.194. The predicted octanol–water partition coefficient (Wildman–Crippen LogP) is 4.66. The molecule has 5 aromatic rings. The number of aliphatic hydroxyl groups excluding tert-OH is 1. The van der Waals surface area contributed by atoms with Gasteiger partial charge < -0.3 is 20.6 Å². The average molecular weight is 732 g/mol. The van der Waals surface area contributed by atoms with Gasteiger partial charge in [-0.2, -0.15) is 18.3 Å². The highest BCUT2D eigenvalue weighted by atomic mass is 19.4. The molecule has 0 radical (unpaired) electrons. The summed E-state index contributed by atoms with van der Waals surface area (Å²) in [7, 11) is 1.78. The van der Waals surface area contributed by atoms with Gasteiger partial charge in [-0.3, -0.25) is 23.4 Å². The zero-order valence-corrected chi connectivity index (χ0v) is 29.3. The van der Waals surface area contributed by atoms with E-state index in [0.29, 0.717) is 24.3 Å². The van der Waals surface area contributed by atoms with Gasteiger partial charge in [0.25, 0.3) is 5.91 Å². The number of rotatable bonds is 7. The molecule has 1 saturated carbocycles. The normalized spacial score (nSPS) is 22.9. The Hall–Kier alpha value is -5.09. The molecule has 3 fully saturated rings. The Bertz CT molecular complexity index is 2280. The first-order valence-electron chi connectivity index (χ1n) is 18.0. The number of nitrogens with one attached hydrogen (secondary N) is 2. The number of fused-ring (bicyclic) bond motifs is 2. The standard InChI is InChI=1S/C37H40F3N9O4/c1-20-6-7-27-33(46(2)36(53)49(27)28-8-9-31(50)44-35(28)52)32(20)22-10-12-47(13-11-22)18-21-14-24(15-21)48-19-23-16-30(41-17-26(23)45-48)43-34(51)25-4-3-5-29(42-25)37(38,39)40/h3-7,16-17,19,21-22,24,28,31,50H,8-15,18H2,1-2H3,(H,43,51)(H,44,52). The Balaban J connectivity index is 0.877. The van der Waals surface area contributed by atoms with Gasteiger partial charge in [-0.25, -0.2) is 14.8 Å². The molecule has 16 heteroatoms. The molecule has 3 N–H and O–H groups in total. The van der Waals surface area contributed by atoms with Crippen molar-refractivity contribution in [1.82, 2.24) is 39.1 Å². The fourth-order valence-electron chi connectivity index (χ4n) is 8.38. The first-order chi connectivity index (χ1) is 25.3. The van der Waals surface area contributed by atoms with Crippen molar-refractivity contribution in [1.29, 1.82) is 0 Å². The number of amides is 2. The van der Waals surface area contributed by atoms with Crippen LogP contribution in [0.4, 0.5) is 19.0 Å². The molecule has 6 heterocycles. The van der Waals surface area contributed by atoms with Crippen molar-refractivity contribution in [2.75, 3.05) is 25.0 Å². The fourth-order valence-corrected chi connectivity index (χ4v) is 8.38. The monoisotopic (exact) mass is 731 g/mol. The molecule has 278 valence electrons. The summed E-state index contributed by atoms with van der Waals surface area (Å²) in [5.41, 5.74) is 2.90. The first kappa shape index (κ1) is 35.0. The number of aliphatic hydroxyl groups is 1. The lowest BCUT2D eigenvalue weighted by molar-refractivity contribution is -0.141. The number of carbonyl (C=O) groups excluding carboxylic acids is 2. The highest BCUT2D eigenvalue weighted by Gasteiger charge is 2.36. The zero-order valence-electron chi connectivity index (χ0n) is 29.3. The van der Waals surface area contributed by atoms with Gasteiger partial charge >= 0.3 is 11.9 Å². The Morgan fingerprint density at radius 3 is 2.58 bits per heavy atom. The predicted molar refractivity (Wildman–Crippen MR) is 189 cm³/mol. The van der Waals surface area contributed by atoms with Gasteiger partial charge in [0.1, 0.15) is 35.0 Å². The molecule has 3 aliphatic rings. The van der Waals surface area contributed by atoms with Crippen molar-refractivity contribution in [3.05, 3.63) is 81.8 Å². The maximum Gasteiger partial charge on any atom is 0.433 e. The van der Waals surface area contributed by atoms with Crippen LogP contribution in [0.1, 0.15) is 83.8 Å². The highest BCUT2D eigenvalue weighted by molar-refractivity contribution is 6.03. The SMILES string of the molecule is Cc1ccc2c(c1C1CCN(CC3CC(n4cc5cc(NC(=O)c6cccc(C(F)(F)F)n6)ncc5n4)C3)CC1)n(C)c(=O)n2C1CCC(O)NC1=O. The number of alkyl halides is 3. The molecule has 2 aliphatic heterocycles. The van der Waals surface area contributed by atoms with Crippen molar-refractivity contribution in [2.24, 2.45) is 13.0 Å². The quantitative estimate of drug-likeness (QED) is 0.219. The van der Waals surface area contributed by atoms with Gasteiger partial charge in [-0.1, -0.05) is 12.1 Å². The van der Waals surface area contributed by atoms with Crippen molar-refractivity contribution in [3.8, 4) is 0 Å². The van der Waals surface area contributed by atoms with Crippen LogP contribution in [0.3, 0.4) is 0 Å². The molecule has 2 atom stereocenters. The van der Waals surface area contributed by atoms with E-state index < -0.39 is 30.0 Å². The third-order valence-corrected chi connectivity index (χ3v) is 11.2. The molecular formula is C37H40F3N9O4. The van der Waals surface area contributed by atoms with Crippen LogP contribution < -0.4 is 16.3 Å². The topological polar surface area (TPSA) is 152 Å². The number of halogens is 3. The van der Waals surface area contributed by atoms with Crippen LogP contribution in [-0.2, 0) is 18.0 Å². The summed E-state index contributed by atoms with van der Waals surface area (Å²) in [4.78, 5) is 49.1. The molecular weight excluding hydrogens is 691 g/mol. The molecule has 53 heavy (non-hydrogen) atoms. The molecule has 4 aromatic heterocycles. The molecule has 2 amide bonds. The van der Waals surface area contributed by atoms with E-state index in [2.05, 4.69) is 32.4 Å². The number of nitrogens with zero attached hydrogens (tertiary/aromatic N) is 7. The number of aryl methyl sites for hydroxylation is 2. The number of piperidine rings is 2. The highest BCUT2D eigenvalue weighted by Crippen LogP contribution is 2.41. The van der Waals surface area contributed by atoms with E-state index in [1.165, 1.54) is 17.8 Å². The lowest BCUT2D eigenvalue weighted by atomic mass is 9.79. The number of pyridine rings is 2. The summed E-state index contributed by atoms with van der Waals surface area (Å²) in [5, 5.41) is 20.5. The zero-order chi connectivity index (χ0) is 37.2. The number of likely N-dealkylation sites (tertiary alicyclic amines) is 1. The van der Waals surface area contributed by atoms with Crippen LogP contribution in [0.2, 0.25) is 0 Å². The van der Waals surface area contributed by atoms with E-state index >= 15 is 0 Å². The van der Waals surface area contributed by atoms with E-state index in [-0.39, 0.29) is 35.1 Å². The molecule has 8 rings (SSSR count). The number of anilines is 1. The first-order valence-corrected chi connectivity index (χ1v) is 18.0. The van der Waals surface area contributed by atoms with E-state index in [4.69, 9.17) is 5.10 Å². The lowest BCUT2D eigenvalue weighted by Crippen LogP contribution is -2.46. The Kier molecular flexibility index (Phi) is 8.84. The van der Waals surface area contributed by atoms with Crippen LogP contribution in [0.5, 0.6) is 0 Å². The Morgan fingerprint density at radius 2 is 1.85 bits per heavy atom. The van der Waals surface area contributed by atoms with Crippen molar-refractivity contribution in [3.63, 3.8) is 0 Å². The van der Waals surface area contributed by atoms with Gasteiger partial charge in [0, 0.05) is 25.2 Å². The second-order valence-electron chi connectivity index (χ2n) is 14.7. The van der Waals surface area contributed by atoms with Crippen LogP contribution in [0.15, 0.2) is 53.6 Å². The maximum atomic E-state index is 13.5. The maximum absolute atomic E-state index is 13.5. The largest absolute Gasteiger partial charge is 0.433 e. The van der Waals surface area contributed by atoms with Crippen molar-refractivity contribution in [2.45, 2.75) is 75.9 Å². The summed E-state index contributed by atoms with van der Waals surface area (Å²) < 4.78 is 44.4. The molecule has 0 spiro atoms. The molecule has 0 bridgehead atoms. The number of benzene rings is 1. The number of hydrogen-bond acceptors (Lipinski definition) is 8. The molecule has 2 unspecified atom stereocenters. The third kappa shape index (κ3) is 6.58. The van der Waals surface area contributed by atoms with Crippen LogP contribution in [0, 0.1) is 12.8 Å².